The maximum absolute atomic E-state index is 13.3. The van der Waals surface area contributed by atoms with Crippen molar-refractivity contribution < 1.29 is 29.0 Å². The number of nitrogens with zero attached hydrogens (tertiary/aromatic N) is 1. The Labute approximate surface area is 243 Å². The minimum absolute atomic E-state index is 0.0625. The van der Waals surface area contributed by atoms with E-state index in [4.69, 9.17) is 12.2 Å². The van der Waals surface area contributed by atoms with E-state index in [1.54, 1.807) is 30.3 Å². The first kappa shape index (κ1) is 29.1. The zero-order chi connectivity index (χ0) is 29.1. The molecule has 3 atom stereocenters. The molecular formula is C32H31FNO5PS. The SMILES string of the molecule is O=P(O)(O)c1ccc(-c2ccc([C@@H]3C(CCCC(O)c4ccc(F)cc4)CC(=S)N3c3ccccc3)c(O)c2)cc1. The Morgan fingerprint density at radius 3 is 2.22 bits per heavy atom. The molecule has 4 aromatic carbocycles. The van der Waals surface area contributed by atoms with Crippen LogP contribution in [0.25, 0.3) is 11.1 Å². The Bertz CT molecular complexity index is 1560. The fourth-order valence-corrected chi connectivity index (χ4v) is 6.56. The van der Waals surface area contributed by atoms with E-state index in [9.17, 15) is 29.0 Å². The van der Waals surface area contributed by atoms with Gasteiger partial charge in [-0.25, -0.2) is 4.39 Å². The summed E-state index contributed by atoms with van der Waals surface area (Å²) in [5.41, 5.74) is 3.78. The van der Waals surface area contributed by atoms with E-state index < -0.39 is 13.7 Å². The monoisotopic (exact) mass is 591 g/mol. The number of para-hydroxylation sites is 1. The number of halogens is 1. The second kappa shape index (κ2) is 12.2. The first-order valence-corrected chi connectivity index (χ1v) is 15.4. The van der Waals surface area contributed by atoms with E-state index in [1.807, 2.05) is 42.5 Å². The van der Waals surface area contributed by atoms with Gasteiger partial charge in [0.1, 0.15) is 11.6 Å². The number of aromatic hydroxyl groups is 1. The van der Waals surface area contributed by atoms with Gasteiger partial charge in [0, 0.05) is 17.7 Å². The van der Waals surface area contributed by atoms with Crippen molar-refractivity contribution in [3.05, 3.63) is 114 Å². The van der Waals surface area contributed by atoms with Crippen LogP contribution in [0.2, 0.25) is 0 Å². The van der Waals surface area contributed by atoms with Crippen LogP contribution in [-0.2, 0) is 4.57 Å². The molecule has 0 bridgehead atoms. The molecule has 2 unspecified atom stereocenters. The number of hydrogen-bond acceptors (Lipinski definition) is 4. The molecule has 4 N–H and O–H groups in total. The van der Waals surface area contributed by atoms with Crippen molar-refractivity contribution in [2.45, 2.75) is 37.8 Å². The number of phenols is 1. The minimum Gasteiger partial charge on any atom is -0.508 e. The second-order valence-corrected chi connectivity index (χ2v) is 12.4. The molecule has 41 heavy (non-hydrogen) atoms. The predicted octanol–water partition coefficient (Wildman–Crippen LogP) is 6.80. The van der Waals surface area contributed by atoms with Gasteiger partial charge >= 0.3 is 7.60 Å². The molecule has 0 radical (unpaired) electrons. The molecule has 1 aliphatic heterocycles. The largest absolute Gasteiger partial charge is 0.508 e. The third-order valence-electron chi connectivity index (χ3n) is 7.66. The highest BCUT2D eigenvalue weighted by Gasteiger charge is 2.40. The van der Waals surface area contributed by atoms with Gasteiger partial charge in [-0.1, -0.05) is 73.2 Å². The summed E-state index contributed by atoms with van der Waals surface area (Å²) in [6.07, 6.45) is 1.96. The summed E-state index contributed by atoms with van der Waals surface area (Å²) in [6, 6.07) is 27.0. The van der Waals surface area contributed by atoms with Crippen LogP contribution in [0.3, 0.4) is 0 Å². The van der Waals surface area contributed by atoms with E-state index in [0.717, 1.165) is 34.6 Å². The summed E-state index contributed by atoms with van der Waals surface area (Å²) in [7, 11) is -4.34. The van der Waals surface area contributed by atoms with Gasteiger partial charge in [0.15, 0.2) is 0 Å². The van der Waals surface area contributed by atoms with E-state index in [0.29, 0.717) is 24.0 Å². The summed E-state index contributed by atoms with van der Waals surface area (Å²) in [5.74, 6) is -0.149. The quantitative estimate of drug-likeness (QED) is 0.125. The van der Waals surface area contributed by atoms with Crippen LogP contribution >= 0.6 is 19.8 Å². The topological polar surface area (TPSA) is 101 Å². The van der Waals surface area contributed by atoms with E-state index >= 15 is 0 Å². The summed E-state index contributed by atoms with van der Waals surface area (Å²) in [5, 5.41) is 21.9. The van der Waals surface area contributed by atoms with Crippen molar-refractivity contribution in [2.75, 3.05) is 4.90 Å². The third-order valence-corrected chi connectivity index (χ3v) is 8.99. The van der Waals surface area contributed by atoms with Gasteiger partial charge in [-0.15, -0.1) is 0 Å². The number of anilines is 1. The molecule has 0 aromatic heterocycles. The zero-order valence-corrected chi connectivity index (χ0v) is 23.9. The van der Waals surface area contributed by atoms with Crippen molar-refractivity contribution in [2.24, 2.45) is 5.92 Å². The Hall–Kier alpha value is -3.39. The van der Waals surface area contributed by atoms with Gasteiger partial charge in [-0.05, 0) is 77.9 Å². The van der Waals surface area contributed by atoms with Crippen LogP contribution in [0, 0.1) is 11.7 Å². The van der Waals surface area contributed by atoms with Crippen LogP contribution in [0.15, 0.2) is 97.1 Å². The molecule has 4 aromatic rings. The maximum Gasteiger partial charge on any atom is 0.356 e. The van der Waals surface area contributed by atoms with Crippen LogP contribution in [0.1, 0.15) is 49.0 Å². The fourth-order valence-electron chi connectivity index (χ4n) is 5.59. The molecule has 1 saturated heterocycles. The lowest BCUT2D eigenvalue weighted by Crippen LogP contribution is -2.28. The van der Waals surface area contributed by atoms with Gasteiger partial charge in [0.05, 0.1) is 22.4 Å². The number of hydrogen-bond donors (Lipinski definition) is 4. The van der Waals surface area contributed by atoms with Gasteiger partial charge < -0.3 is 24.9 Å². The zero-order valence-electron chi connectivity index (χ0n) is 22.2. The van der Waals surface area contributed by atoms with Crippen molar-refractivity contribution in [1.82, 2.24) is 0 Å². The molecule has 0 saturated carbocycles. The summed E-state index contributed by atoms with van der Waals surface area (Å²) < 4.78 is 24.8. The lowest BCUT2D eigenvalue weighted by Gasteiger charge is -2.31. The molecule has 9 heteroatoms. The Kier molecular flexibility index (Phi) is 8.68. The highest BCUT2D eigenvalue weighted by atomic mass is 32.1. The van der Waals surface area contributed by atoms with E-state index in [1.165, 1.54) is 24.3 Å². The van der Waals surface area contributed by atoms with Crippen LogP contribution in [0.4, 0.5) is 10.1 Å². The van der Waals surface area contributed by atoms with Crippen molar-refractivity contribution in [3.63, 3.8) is 0 Å². The first-order valence-electron chi connectivity index (χ1n) is 13.4. The molecule has 0 spiro atoms. The summed E-state index contributed by atoms with van der Waals surface area (Å²) in [4.78, 5) is 21.7. The Balaban J connectivity index is 1.40. The van der Waals surface area contributed by atoms with Gasteiger partial charge in [-0.2, -0.15) is 0 Å². The molecule has 0 aliphatic carbocycles. The molecular weight excluding hydrogens is 560 g/mol. The minimum atomic E-state index is -4.34. The molecule has 5 rings (SSSR count). The van der Waals surface area contributed by atoms with Gasteiger partial charge in [0.2, 0.25) is 0 Å². The van der Waals surface area contributed by atoms with Crippen LogP contribution < -0.4 is 10.2 Å². The molecule has 1 heterocycles. The van der Waals surface area contributed by atoms with Crippen LogP contribution in [-0.4, -0.2) is 25.0 Å². The van der Waals surface area contributed by atoms with Gasteiger partial charge in [-0.3, -0.25) is 4.57 Å². The first-order chi connectivity index (χ1) is 19.6. The number of phenolic OH excluding ortho intramolecular Hbond substituents is 1. The standard InChI is InChI=1S/C32H31FNO5PS/c33-25-14-9-22(10-15-25)29(35)8-4-5-24-20-31(41)34(26-6-2-1-3-7-26)32(24)28-18-13-23(19-30(28)36)21-11-16-27(17-12-21)40(37,38)39/h1-3,6-7,9-19,24,29,32,35-36H,4-5,8,20H2,(H2,37,38,39)/t24?,29?,32-/m0/s1. The number of rotatable bonds is 9. The maximum atomic E-state index is 13.3. The highest BCUT2D eigenvalue weighted by Crippen LogP contribution is 2.47. The molecule has 1 aliphatic rings. The Morgan fingerprint density at radius 1 is 0.927 bits per heavy atom. The van der Waals surface area contributed by atoms with Crippen molar-refractivity contribution in [1.29, 1.82) is 0 Å². The van der Waals surface area contributed by atoms with E-state index in [-0.39, 0.29) is 28.8 Å². The highest BCUT2D eigenvalue weighted by molar-refractivity contribution is 7.80. The van der Waals surface area contributed by atoms with Crippen molar-refractivity contribution >= 4 is 35.8 Å². The normalized spacial score (nSPS) is 18.0. The fraction of sp³-hybridized carbons (Fsp3) is 0.219. The smallest absolute Gasteiger partial charge is 0.356 e. The lowest BCUT2D eigenvalue weighted by molar-refractivity contribution is 0.160. The molecule has 0 amide bonds. The van der Waals surface area contributed by atoms with Crippen LogP contribution in [0.5, 0.6) is 5.75 Å². The predicted molar refractivity (Wildman–Crippen MR) is 163 cm³/mol. The average molecular weight is 592 g/mol. The molecule has 6 nitrogen and oxygen atoms in total. The number of benzene rings is 4. The summed E-state index contributed by atoms with van der Waals surface area (Å²) in [6.45, 7) is 0. The summed E-state index contributed by atoms with van der Waals surface area (Å²) >= 11 is 5.85. The van der Waals surface area contributed by atoms with Gasteiger partial charge in [0.25, 0.3) is 0 Å². The lowest BCUT2D eigenvalue weighted by atomic mass is 9.87. The third kappa shape index (κ3) is 6.58. The van der Waals surface area contributed by atoms with Crippen molar-refractivity contribution in [3.8, 4) is 16.9 Å². The second-order valence-electron chi connectivity index (χ2n) is 10.4. The molecule has 1 fully saturated rings. The number of thiocarbonyl (C=S) groups is 1. The average Bonchev–Trinajstić information content (AvgIpc) is 3.28. The Morgan fingerprint density at radius 2 is 1.59 bits per heavy atom. The van der Waals surface area contributed by atoms with E-state index in [2.05, 4.69) is 4.90 Å². The molecule has 212 valence electrons. The number of aliphatic hydroxyl groups is 1. The number of aliphatic hydroxyl groups excluding tert-OH is 1.